The van der Waals surface area contributed by atoms with Crippen LogP contribution in [0.3, 0.4) is 0 Å². The lowest BCUT2D eigenvalue weighted by molar-refractivity contribution is 1.07. The molecule has 0 aliphatic rings. The number of aromatic nitrogens is 1. The Morgan fingerprint density at radius 3 is 2.60 bits per heavy atom. The molecule has 1 nitrogen and oxygen atoms in total. The van der Waals surface area contributed by atoms with E-state index in [1.54, 1.807) is 0 Å². The predicted molar refractivity (Wildman–Crippen MR) is 46.3 cm³/mol. The van der Waals surface area contributed by atoms with Crippen molar-refractivity contribution < 1.29 is 0 Å². The Kier molecular flexibility index (Phi) is 2.44. The average molecular weight is 200 g/mol. The first kappa shape index (κ1) is 7.73. The Morgan fingerprint density at radius 1 is 1.50 bits per heavy atom. The summed E-state index contributed by atoms with van der Waals surface area (Å²) in [5.41, 5.74) is 2.29. The summed E-state index contributed by atoms with van der Waals surface area (Å²) >= 11 is 3.47. The zero-order valence-electron chi connectivity index (χ0n) is 6.13. The fraction of sp³-hybridized carbons (Fsp3) is 0.375. The molecule has 54 valence electrons. The first-order chi connectivity index (χ1) is 4.70. The van der Waals surface area contributed by atoms with Gasteiger partial charge in [0.05, 0.1) is 0 Å². The van der Waals surface area contributed by atoms with Gasteiger partial charge in [0.15, 0.2) is 0 Å². The number of hydrogen-bond acceptors (Lipinski definition) is 1. The molecule has 0 spiro atoms. The van der Waals surface area contributed by atoms with Gasteiger partial charge in [0.1, 0.15) is 0 Å². The van der Waals surface area contributed by atoms with Gasteiger partial charge in [-0.15, -0.1) is 0 Å². The van der Waals surface area contributed by atoms with Crippen LogP contribution in [0.1, 0.15) is 23.0 Å². The maximum Gasteiger partial charge on any atom is 0.0382 e. The van der Waals surface area contributed by atoms with Gasteiger partial charge in [-0.2, -0.15) is 0 Å². The van der Waals surface area contributed by atoms with Gasteiger partial charge < -0.3 is 0 Å². The number of aryl methyl sites for hydroxylation is 1. The second-order valence-electron chi connectivity index (χ2n) is 2.35. The van der Waals surface area contributed by atoms with E-state index in [2.05, 4.69) is 33.9 Å². The molecule has 0 aromatic carbocycles. The van der Waals surface area contributed by atoms with Gasteiger partial charge in [-0.3, -0.25) is 4.98 Å². The molecule has 0 aliphatic heterocycles. The van der Waals surface area contributed by atoms with E-state index in [-0.39, 0.29) is 0 Å². The van der Waals surface area contributed by atoms with Crippen molar-refractivity contribution in [3.8, 4) is 0 Å². The average Bonchev–Trinajstić information content (AvgIpc) is 1.88. The van der Waals surface area contributed by atoms with Crippen LogP contribution in [0.15, 0.2) is 18.3 Å². The maximum absolute atomic E-state index is 4.17. The Bertz CT molecular complexity index is 203. The summed E-state index contributed by atoms with van der Waals surface area (Å²) in [7, 11) is 0. The molecule has 0 bridgehead atoms. The Morgan fingerprint density at radius 2 is 2.20 bits per heavy atom. The van der Waals surface area contributed by atoms with Gasteiger partial charge >= 0.3 is 0 Å². The van der Waals surface area contributed by atoms with E-state index in [1.807, 2.05) is 19.2 Å². The van der Waals surface area contributed by atoms with Crippen molar-refractivity contribution in [1.29, 1.82) is 0 Å². The van der Waals surface area contributed by atoms with Crippen molar-refractivity contribution >= 4 is 15.9 Å². The summed E-state index contributed by atoms with van der Waals surface area (Å²) in [6, 6.07) is 4.11. The highest BCUT2D eigenvalue weighted by atomic mass is 79.9. The molecule has 0 fully saturated rings. The fourth-order valence-corrected chi connectivity index (χ4v) is 0.985. The van der Waals surface area contributed by atoms with E-state index in [1.165, 1.54) is 5.56 Å². The standard InChI is InChI=1S/C8H10BrN/c1-6-3-4-8(5-10-6)7(2)9/h3-5,7H,1-2H3. The highest BCUT2D eigenvalue weighted by Gasteiger charge is 1.98. The van der Waals surface area contributed by atoms with Crippen LogP contribution in [0.2, 0.25) is 0 Å². The van der Waals surface area contributed by atoms with Crippen LogP contribution in [-0.4, -0.2) is 4.98 Å². The van der Waals surface area contributed by atoms with Crippen molar-refractivity contribution in [2.75, 3.05) is 0 Å². The maximum atomic E-state index is 4.17. The lowest BCUT2D eigenvalue weighted by Crippen LogP contribution is -1.86. The summed E-state index contributed by atoms with van der Waals surface area (Å²) in [5.74, 6) is 0. The first-order valence-electron chi connectivity index (χ1n) is 3.27. The molecule has 0 saturated heterocycles. The molecule has 2 heteroatoms. The Labute approximate surface area is 69.6 Å². The van der Waals surface area contributed by atoms with Crippen molar-refractivity contribution in [1.82, 2.24) is 4.98 Å². The third-order valence-electron chi connectivity index (χ3n) is 1.39. The van der Waals surface area contributed by atoms with Crippen LogP contribution in [0.5, 0.6) is 0 Å². The van der Waals surface area contributed by atoms with Crippen LogP contribution in [0, 0.1) is 6.92 Å². The molecule has 0 saturated carbocycles. The fourth-order valence-electron chi connectivity index (χ4n) is 0.715. The third-order valence-corrected chi connectivity index (χ3v) is 1.92. The molecule has 10 heavy (non-hydrogen) atoms. The van der Waals surface area contributed by atoms with Gasteiger partial charge in [-0.05, 0) is 25.5 Å². The lowest BCUT2D eigenvalue weighted by Gasteiger charge is -2.01. The van der Waals surface area contributed by atoms with Gasteiger partial charge in [-0.1, -0.05) is 22.0 Å². The van der Waals surface area contributed by atoms with Crippen LogP contribution in [0.4, 0.5) is 0 Å². The van der Waals surface area contributed by atoms with Crippen molar-refractivity contribution in [3.63, 3.8) is 0 Å². The van der Waals surface area contributed by atoms with E-state index in [0.717, 1.165) is 5.69 Å². The van der Waals surface area contributed by atoms with E-state index >= 15 is 0 Å². The zero-order chi connectivity index (χ0) is 7.56. The summed E-state index contributed by atoms with van der Waals surface area (Å²) in [5, 5.41) is 0. The minimum atomic E-state index is 0.403. The van der Waals surface area contributed by atoms with Crippen molar-refractivity contribution in [2.45, 2.75) is 18.7 Å². The second kappa shape index (κ2) is 3.15. The lowest BCUT2D eigenvalue weighted by atomic mass is 10.2. The highest BCUT2D eigenvalue weighted by molar-refractivity contribution is 9.09. The minimum absolute atomic E-state index is 0.403. The van der Waals surface area contributed by atoms with Crippen LogP contribution in [-0.2, 0) is 0 Å². The van der Waals surface area contributed by atoms with Crippen molar-refractivity contribution in [2.24, 2.45) is 0 Å². The van der Waals surface area contributed by atoms with E-state index in [9.17, 15) is 0 Å². The van der Waals surface area contributed by atoms with Gasteiger partial charge in [-0.25, -0.2) is 0 Å². The van der Waals surface area contributed by atoms with Crippen molar-refractivity contribution in [3.05, 3.63) is 29.6 Å². The zero-order valence-corrected chi connectivity index (χ0v) is 7.72. The number of hydrogen-bond donors (Lipinski definition) is 0. The summed E-state index contributed by atoms with van der Waals surface area (Å²) in [4.78, 5) is 4.57. The van der Waals surface area contributed by atoms with Crippen LogP contribution < -0.4 is 0 Å². The van der Waals surface area contributed by atoms with Crippen LogP contribution >= 0.6 is 15.9 Å². The predicted octanol–water partition coefficient (Wildman–Crippen LogP) is 2.85. The molecule has 1 heterocycles. The van der Waals surface area contributed by atoms with Crippen LogP contribution in [0.25, 0.3) is 0 Å². The molecular weight excluding hydrogens is 190 g/mol. The van der Waals surface area contributed by atoms with E-state index in [4.69, 9.17) is 0 Å². The molecule has 1 aromatic heterocycles. The van der Waals surface area contributed by atoms with Gasteiger partial charge in [0.2, 0.25) is 0 Å². The molecule has 0 aliphatic carbocycles. The van der Waals surface area contributed by atoms with Gasteiger partial charge in [0.25, 0.3) is 0 Å². The molecule has 1 unspecified atom stereocenters. The molecule has 1 aromatic rings. The number of nitrogens with zero attached hydrogens (tertiary/aromatic N) is 1. The summed E-state index contributed by atoms with van der Waals surface area (Å²) in [6.45, 7) is 4.08. The quantitative estimate of drug-likeness (QED) is 0.635. The van der Waals surface area contributed by atoms with E-state index in [0.29, 0.717) is 4.83 Å². The molecule has 0 radical (unpaired) electrons. The third kappa shape index (κ3) is 1.81. The van der Waals surface area contributed by atoms with E-state index < -0.39 is 0 Å². The number of halogens is 1. The smallest absolute Gasteiger partial charge is 0.0382 e. The normalized spacial score (nSPS) is 13.1. The highest BCUT2D eigenvalue weighted by Crippen LogP contribution is 2.19. The van der Waals surface area contributed by atoms with Gasteiger partial charge in [0, 0.05) is 16.7 Å². The molecule has 1 rings (SSSR count). The summed E-state index contributed by atoms with van der Waals surface area (Å²) in [6.07, 6.45) is 1.90. The second-order valence-corrected chi connectivity index (χ2v) is 3.72. The molecular formula is C8H10BrN. The Balaban J connectivity index is 2.89. The molecule has 0 N–H and O–H groups in total. The first-order valence-corrected chi connectivity index (χ1v) is 4.18. The monoisotopic (exact) mass is 199 g/mol. The topological polar surface area (TPSA) is 12.9 Å². The number of alkyl halides is 1. The minimum Gasteiger partial charge on any atom is -0.261 e. The number of rotatable bonds is 1. The SMILES string of the molecule is Cc1ccc(C(C)Br)cn1. The largest absolute Gasteiger partial charge is 0.261 e. The molecule has 1 atom stereocenters. The molecule has 0 amide bonds. The number of pyridine rings is 1. The Hall–Kier alpha value is -0.370. The summed E-state index contributed by atoms with van der Waals surface area (Å²) < 4.78 is 0.